The highest BCUT2D eigenvalue weighted by Crippen LogP contribution is 2.13. The zero-order chi connectivity index (χ0) is 34.8. The number of nitrogens with one attached hydrogen (secondary N) is 3. The molecular formula is C34H51N7O6. The SMILES string of the molecule is CC(C)C[C@H](NC(=O)[C@H](C)NC(=O)[C@H](CCCN=C(N)N)NC(=O)OCc1ccccc1)[C@@H](O)CC(=O)N(C)CCc1ccccc1. The van der Waals surface area contributed by atoms with E-state index in [1.807, 2.05) is 62.4 Å². The maximum absolute atomic E-state index is 13.2. The van der Waals surface area contributed by atoms with Gasteiger partial charge in [0.05, 0.1) is 18.6 Å². The predicted octanol–water partition coefficient (Wildman–Crippen LogP) is 1.82. The van der Waals surface area contributed by atoms with Gasteiger partial charge in [0.25, 0.3) is 0 Å². The Balaban J connectivity index is 1.98. The average Bonchev–Trinajstić information content (AvgIpc) is 3.04. The number of ether oxygens (including phenoxy) is 1. The van der Waals surface area contributed by atoms with Crippen LogP contribution in [0.1, 0.15) is 57.6 Å². The molecule has 0 aromatic heterocycles. The van der Waals surface area contributed by atoms with Gasteiger partial charge in [0, 0.05) is 20.1 Å². The molecule has 0 unspecified atom stereocenters. The first-order chi connectivity index (χ1) is 22.3. The van der Waals surface area contributed by atoms with Crippen LogP contribution in [0, 0.1) is 5.92 Å². The van der Waals surface area contributed by atoms with Crippen LogP contribution in [0.2, 0.25) is 0 Å². The van der Waals surface area contributed by atoms with Crippen molar-refractivity contribution in [2.24, 2.45) is 22.4 Å². The average molecular weight is 654 g/mol. The normalized spacial score (nSPS) is 13.4. The minimum atomic E-state index is -1.14. The molecule has 13 heteroatoms. The Kier molecular flexibility index (Phi) is 16.8. The Morgan fingerprint density at radius 1 is 0.894 bits per heavy atom. The van der Waals surface area contributed by atoms with E-state index in [1.165, 1.54) is 6.92 Å². The van der Waals surface area contributed by atoms with Crippen LogP contribution in [0.5, 0.6) is 0 Å². The van der Waals surface area contributed by atoms with E-state index in [-0.39, 0.29) is 43.8 Å². The number of amides is 4. The molecule has 4 atom stereocenters. The van der Waals surface area contributed by atoms with Gasteiger partial charge in [0.1, 0.15) is 18.7 Å². The molecule has 2 aromatic rings. The molecule has 0 aliphatic heterocycles. The van der Waals surface area contributed by atoms with E-state index in [0.717, 1.165) is 11.1 Å². The lowest BCUT2D eigenvalue weighted by atomic mass is 9.96. The highest BCUT2D eigenvalue weighted by atomic mass is 16.5. The van der Waals surface area contributed by atoms with Gasteiger partial charge in [0.2, 0.25) is 17.7 Å². The maximum Gasteiger partial charge on any atom is 0.408 e. The van der Waals surface area contributed by atoms with Gasteiger partial charge in [-0.2, -0.15) is 0 Å². The number of rotatable bonds is 19. The molecule has 0 aliphatic carbocycles. The molecule has 2 rings (SSSR count). The molecule has 4 amide bonds. The monoisotopic (exact) mass is 653 g/mol. The van der Waals surface area contributed by atoms with Crippen LogP contribution in [0.15, 0.2) is 65.7 Å². The van der Waals surface area contributed by atoms with Crippen molar-refractivity contribution in [2.75, 3.05) is 20.1 Å². The molecule has 8 N–H and O–H groups in total. The predicted molar refractivity (Wildman–Crippen MR) is 181 cm³/mol. The fraction of sp³-hybridized carbons (Fsp3) is 0.500. The van der Waals surface area contributed by atoms with E-state index in [2.05, 4.69) is 20.9 Å². The van der Waals surface area contributed by atoms with Crippen LogP contribution in [-0.2, 0) is 32.1 Å². The number of benzene rings is 2. The zero-order valence-corrected chi connectivity index (χ0v) is 27.9. The first kappa shape index (κ1) is 38.5. The number of likely N-dealkylation sites (N-methyl/N-ethyl adjacent to an activating group) is 1. The molecule has 0 radical (unpaired) electrons. The third kappa shape index (κ3) is 15.5. The number of carbonyl (C=O) groups is 4. The summed E-state index contributed by atoms with van der Waals surface area (Å²) < 4.78 is 5.27. The van der Waals surface area contributed by atoms with Crippen molar-refractivity contribution in [3.63, 3.8) is 0 Å². The van der Waals surface area contributed by atoms with Gasteiger partial charge in [-0.25, -0.2) is 4.79 Å². The molecule has 0 fully saturated rings. The van der Waals surface area contributed by atoms with Crippen molar-refractivity contribution in [3.05, 3.63) is 71.8 Å². The first-order valence-electron chi connectivity index (χ1n) is 15.9. The van der Waals surface area contributed by atoms with Gasteiger partial charge in [-0.1, -0.05) is 74.5 Å². The molecule has 0 saturated heterocycles. The Labute approximate surface area is 277 Å². The van der Waals surface area contributed by atoms with E-state index in [9.17, 15) is 24.3 Å². The van der Waals surface area contributed by atoms with E-state index < -0.39 is 42.1 Å². The van der Waals surface area contributed by atoms with Gasteiger partial charge in [-0.05, 0) is 49.7 Å². The molecular weight excluding hydrogens is 602 g/mol. The Hall–Kier alpha value is -4.65. The Bertz CT molecular complexity index is 1290. The number of hydrogen-bond acceptors (Lipinski definition) is 7. The minimum absolute atomic E-state index is 0.0126. The number of alkyl carbamates (subject to hydrolysis) is 1. The molecule has 0 spiro atoms. The lowest BCUT2D eigenvalue weighted by molar-refractivity contribution is -0.134. The summed E-state index contributed by atoms with van der Waals surface area (Å²) in [5, 5.41) is 19.0. The molecule has 2 aromatic carbocycles. The fourth-order valence-electron chi connectivity index (χ4n) is 4.73. The van der Waals surface area contributed by atoms with Gasteiger partial charge >= 0.3 is 6.09 Å². The summed E-state index contributed by atoms with van der Waals surface area (Å²) in [6.45, 7) is 6.12. The number of nitrogens with two attached hydrogens (primary N) is 2. The van der Waals surface area contributed by atoms with Crippen molar-refractivity contribution >= 4 is 29.8 Å². The van der Waals surface area contributed by atoms with Crippen LogP contribution < -0.4 is 27.4 Å². The molecule has 0 aliphatic rings. The highest BCUT2D eigenvalue weighted by Gasteiger charge is 2.29. The zero-order valence-electron chi connectivity index (χ0n) is 27.9. The second-order valence-electron chi connectivity index (χ2n) is 12.0. The van der Waals surface area contributed by atoms with E-state index in [4.69, 9.17) is 16.2 Å². The van der Waals surface area contributed by atoms with Crippen LogP contribution in [0.4, 0.5) is 4.79 Å². The van der Waals surface area contributed by atoms with Crippen LogP contribution >= 0.6 is 0 Å². The van der Waals surface area contributed by atoms with Crippen molar-refractivity contribution < 1.29 is 29.0 Å². The van der Waals surface area contributed by atoms with E-state index >= 15 is 0 Å². The lowest BCUT2D eigenvalue weighted by Gasteiger charge is -2.28. The number of aliphatic imine (C=N–C) groups is 1. The molecule has 258 valence electrons. The number of hydrogen-bond donors (Lipinski definition) is 6. The smallest absolute Gasteiger partial charge is 0.408 e. The summed E-state index contributed by atoms with van der Waals surface area (Å²) in [5.74, 6) is -1.38. The first-order valence-corrected chi connectivity index (χ1v) is 15.9. The van der Waals surface area contributed by atoms with Crippen molar-refractivity contribution in [1.82, 2.24) is 20.9 Å². The maximum atomic E-state index is 13.2. The third-order valence-electron chi connectivity index (χ3n) is 7.42. The number of aliphatic hydroxyl groups excluding tert-OH is 1. The summed E-state index contributed by atoms with van der Waals surface area (Å²) in [6.07, 6.45) is -0.477. The lowest BCUT2D eigenvalue weighted by Crippen LogP contribution is -2.55. The number of carbonyl (C=O) groups excluding carboxylic acids is 4. The summed E-state index contributed by atoms with van der Waals surface area (Å²) in [5.41, 5.74) is 12.7. The summed E-state index contributed by atoms with van der Waals surface area (Å²) in [4.78, 5) is 57.4. The number of guanidine groups is 1. The van der Waals surface area contributed by atoms with Gasteiger partial charge in [0.15, 0.2) is 5.96 Å². The molecule has 0 bridgehead atoms. The second kappa shape index (κ2) is 20.5. The minimum Gasteiger partial charge on any atom is -0.445 e. The van der Waals surface area contributed by atoms with Crippen molar-refractivity contribution in [2.45, 2.75) is 83.7 Å². The standard InChI is InChI=1S/C34H51N7O6/c1-23(2)20-28(29(42)21-30(43)41(4)19-17-25-12-7-5-8-13-25)39-31(44)24(3)38-32(45)27(16-11-18-37-33(35)36)40-34(46)47-22-26-14-9-6-10-15-26/h5-10,12-15,23-24,27-29,42H,11,16-22H2,1-4H3,(H,38,45)(H,39,44)(H,40,46)(H4,35,36,37)/t24-,27-,28-,29-/m0/s1. The fourth-order valence-corrected chi connectivity index (χ4v) is 4.73. The summed E-state index contributed by atoms with van der Waals surface area (Å²) in [7, 11) is 1.69. The quantitative estimate of drug-likeness (QED) is 0.0749. The highest BCUT2D eigenvalue weighted by molar-refractivity contribution is 5.91. The van der Waals surface area contributed by atoms with Gasteiger partial charge in [-0.15, -0.1) is 0 Å². The van der Waals surface area contributed by atoms with Crippen LogP contribution in [0.3, 0.4) is 0 Å². The Morgan fingerprint density at radius 2 is 1.51 bits per heavy atom. The molecule has 13 nitrogen and oxygen atoms in total. The van der Waals surface area contributed by atoms with Crippen molar-refractivity contribution in [3.8, 4) is 0 Å². The molecule has 47 heavy (non-hydrogen) atoms. The molecule has 0 heterocycles. The summed E-state index contributed by atoms with van der Waals surface area (Å²) >= 11 is 0. The second-order valence-corrected chi connectivity index (χ2v) is 12.0. The number of aliphatic hydroxyl groups is 1. The van der Waals surface area contributed by atoms with E-state index in [1.54, 1.807) is 24.1 Å². The van der Waals surface area contributed by atoms with Gasteiger partial charge < -0.3 is 42.2 Å². The molecule has 0 saturated carbocycles. The number of nitrogens with zero attached hydrogens (tertiary/aromatic N) is 2. The Morgan fingerprint density at radius 3 is 2.11 bits per heavy atom. The van der Waals surface area contributed by atoms with Crippen LogP contribution in [0.25, 0.3) is 0 Å². The largest absolute Gasteiger partial charge is 0.445 e. The van der Waals surface area contributed by atoms with E-state index in [0.29, 0.717) is 25.8 Å². The summed E-state index contributed by atoms with van der Waals surface area (Å²) in [6, 6.07) is 16.1. The topological polar surface area (TPSA) is 201 Å². The van der Waals surface area contributed by atoms with Crippen LogP contribution in [-0.4, -0.2) is 84.1 Å². The van der Waals surface area contributed by atoms with Gasteiger partial charge in [-0.3, -0.25) is 19.4 Å². The van der Waals surface area contributed by atoms with Crippen molar-refractivity contribution in [1.29, 1.82) is 0 Å². The third-order valence-corrected chi connectivity index (χ3v) is 7.42.